The molecule has 0 radical (unpaired) electrons. The fourth-order valence-corrected chi connectivity index (χ4v) is 2.00. The zero-order valence-corrected chi connectivity index (χ0v) is 10.6. The van der Waals surface area contributed by atoms with E-state index in [1.807, 2.05) is 35.2 Å². The van der Waals surface area contributed by atoms with Gasteiger partial charge in [0.25, 0.3) is 0 Å². The van der Waals surface area contributed by atoms with Crippen molar-refractivity contribution in [1.82, 2.24) is 10.2 Å². The van der Waals surface area contributed by atoms with E-state index < -0.39 is 0 Å². The summed E-state index contributed by atoms with van der Waals surface area (Å²) < 4.78 is 5.56. The maximum absolute atomic E-state index is 11.9. The number of hydrogen-bond donors (Lipinski definition) is 1. The van der Waals surface area contributed by atoms with Crippen LogP contribution in [-0.4, -0.2) is 43.6 Å². The first-order valence-corrected chi connectivity index (χ1v) is 6.52. The third kappa shape index (κ3) is 4.04. The number of ether oxygens (including phenoxy) is 1. The van der Waals surface area contributed by atoms with E-state index in [9.17, 15) is 4.79 Å². The zero-order valence-electron chi connectivity index (χ0n) is 10.6. The lowest BCUT2D eigenvalue weighted by Gasteiger charge is -2.27. The Hall–Kier alpha value is -1.55. The first kappa shape index (κ1) is 12.9. The highest BCUT2D eigenvalue weighted by atomic mass is 16.5. The van der Waals surface area contributed by atoms with Crippen molar-refractivity contribution >= 4 is 5.91 Å². The van der Waals surface area contributed by atoms with Crippen LogP contribution >= 0.6 is 0 Å². The van der Waals surface area contributed by atoms with Gasteiger partial charge in [0, 0.05) is 32.6 Å². The van der Waals surface area contributed by atoms with Gasteiger partial charge in [0.15, 0.2) is 0 Å². The number of piperazine rings is 1. The molecule has 1 aliphatic heterocycles. The molecule has 0 atom stereocenters. The molecule has 1 fully saturated rings. The number of benzene rings is 1. The van der Waals surface area contributed by atoms with Gasteiger partial charge in [-0.15, -0.1) is 0 Å². The standard InChI is InChI=1S/C14H20N2O2/c17-14(16-10-8-15-9-11-16)7-4-12-18-13-5-2-1-3-6-13/h1-3,5-6,15H,4,7-12H2. The summed E-state index contributed by atoms with van der Waals surface area (Å²) in [5.41, 5.74) is 0. The molecule has 1 aromatic rings. The van der Waals surface area contributed by atoms with Gasteiger partial charge < -0.3 is 15.0 Å². The Morgan fingerprint density at radius 3 is 2.67 bits per heavy atom. The normalized spacial score (nSPS) is 15.4. The molecule has 1 aliphatic rings. The molecule has 0 saturated carbocycles. The molecule has 1 heterocycles. The Kier molecular flexibility index (Phi) is 5.02. The second kappa shape index (κ2) is 7.01. The number of rotatable bonds is 5. The quantitative estimate of drug-likeness (QED) is 0.798. The minimum atomic E-state index is 0.244. The molecule has 0 aromatic heterocycles. The van der Waals surface area contributed by atoms with Gasteiger partial charge in [-0.1, -0.05) is 18.2 Å². The number of amides is 1. The maximum Gasteiger partial charge on any atom is 0.222 e. The van der Waals surface area contributed by atoms with E-state index in [1.165, 1.54) is 0 Å². The van der Waals surface area contributed by atoms with Crippen molar-refractivity contribution in [1.29, 1.82) is 0 Å². The van der Waals surface area contributed by atoms with Crippen molar-refractivity contribution in [2.45, 2.75) is 12.8 Å². The van der Waals surface area contributed by atoms with Gasteiger partial charge in [-0.2, -0.15) is 0 Å². The minimum absolute atomic E-state index is 0.244. The van der Waals surface area contributed by atoms with Crippen molar-refractivity contribution < 1.29 is 9.53 Å². The number of nitrogens with zero attached hydrogens (tertiary/aromatic N) is 1. The van der Waals surface area contributed by atoms with Crippen molar-refractivity contribution in [2.24, 2.45) is 0 Å². The Labute approximate surface area is 108 Å². The summed E-state index contributed by atoms with van der Waals surface area (Å²) in [6, 6.07) is 9.71. The van der Waals surface area contributed by atoms with Crippen LogP contribution in [0.1, 0.15) is 12.8 Å². The SMILES string of the molecule is O=C(CCCOc1ccccc1)N1CCNCC1. The van der Waals surface area contributed by atoms with Gasteiger partial charge >= 0.3 is 0 Å². The highest BCUT2D eigenvalue weighted by molar-refractivity contribution is 5.76. The van der Waals surface area contributed by atoms with E-state index >= 15 is 0 Å². The zero-order chi connectivity index (χ0) is 12.6. The largest absolute Gasteiger partial charge is 0.494 e. The van der Waals surface area contributed by atoms with Crippen LogP contribution in [0.3, 0.4) is 0 Å². The summed E-state index contributed by atoms with van der Waals surface area (Å²) in [4.78, 5) is 13.8. The molecule has 2 rings (SSSR count). The van der Waals surface area contributed by atoms with E-state index in [-0.39, 0.29) is 5.91 Å². The summed E-state index contributed by atoms with van der Waals surface area (Å²) in [6.07, 6.45) is 1.35. The second-order valence-electron chi connectivity index (χ2n) is 4.40. The predicted octanol–water partition coefficient (Wildman–Crippen LogP) is 1.28. The summed E-state index contributed by atoms with van der Waals surface area (Å²) in [7, 11) is 0. The molecule has 1 amide bonds. The first-order chi connectivity index (χ1) is 8.86. The minimum Gasteiger partial charge on any atom is -0.494 e. The third-order valence-corrected chi connectivity index (χ3v) is 3.02. The van der Waals surface area contributed by atoms with Gasteiger partial charge in [0.1, 0.15) is 5.75 Å². The molecule has 0 spiro atoms. The molecule has 0 aliphatic carbocycles. The number of para-hydroxylation sites is 1. The predicted molar refractivity (Wildman–Crippen MR) is 70.6 cm³/mol. The van der Waals surface area contributed by atoms with Crippen molar-refractivity contribution in [3.8, 4) is 5.75 Å². The lowest BCUT2D eigenvalue weighted by Crippen LogP contribution is -2.46. The highest BCUT2D eigenvalue weighted by Gasteiger charge is 2.15. The Morgan fingerprint density at radius 1 is 1.22 bits per heavy atom. The van der Waals surface area contributed by atoms with Crippen molar-refractivity contribution in [3.63, 3.8) is 0 Å². The monoisotopic (exact) mass is 248 g/mol. The van der Waals surface area contributed by atoms with Crippen LogP contribution in [0.15, 0.2) is 30.3 Å². The van der Waals surface area contributed by atoms with Crippen LogP contribution in [0.5, 0.6) is 5.75 Å². The molecular weight excluding hydrogens is 228 g/mol. The Morgan fingerprint density at radius 2 is 1.94 bits per heavy atom. The average Bonchev–Trinajstić information content (AvgIpc) is 2.45. The first-order valence-electron chi connectivity index (χ1n) is 6.52. The molecule has 1 aromatic carbocycles. The summed E-state index contributed by atoms with van der Waals surface area (Å²) in [5, 5.41) is 3.24. The maximum atomic E-state index is 11.9. The topological polar surface area (TPSA) is 41.6 Å². The fraction of sp³-hybridized carbons (Fsp3) is 0.500. The van der Waals surface area contributed by atoms with Gasteiger partial charge in [-0.3, -0.25) is 4.79 Å². The van der Waals surface area contributed by atoms with E-state index in [0.717, 1.165) is 38.3 Å². The molecular formula is C14H20N2O2. The number of hydrogen-bond acceptors (Lipinski definition) is 3. The van der Waals surface area contributed by atoms with Crippen LogP contribution in [0.2, 0.25) is 0 Å². The van der Waals surface area contributed by atoms with Crippen LogP contribution in [0.25, 0.3) is 0 Å². The van der Waals surface area contributed by atoms with Crippen LogP contribution < -0.4 is 10.1 Å². The van der Waals surface area contributed by atoms with Crippen molar-refractivity contribution in [3.05, 3.63) is 30.3 Å². The molecule has 0 unspecified atom stereocenters. The lowest BCUT2D eigenvalue weighted by atomic mass is 10.2. The van der Waals surface area contributed by atoms with Crippen LogP contribution in [0, 0.1) is 0 Å². The Bertz CT molecular complexity index is 361. The molecule has 1 saturated heterocycles. The molecule has 98 valence electrons. The molecule has 4 nitrogen and oxygen atoms in total. The summed E-state index contributed by atoms with van der Waals surface area (Å²) in [6.45, 7) is 4.08. The van der Waals surface area contributed by atoms with Gasteiger partial charge in [-0.25, -0.2) is 0 Å². The summed E-state index contributed by atoms with van der Waals surface area (Å²) in [5.74, 6) is 1.11. The van der Waals surface area contributed by atoms with E-state index in [4.69, 9.17) is 4.74 Å². The average molecular weight is 248 g/mol. The van der Waals surface area contributed by atoms with Crippen LogP contribution in [0.4, 0.5) is 0 Å². The Balaban J connectivity index is 1.61. The molecule has 0 bridgehead atoms. The molecule has 18 heavy (non-hydrogen) atoms. The van der Waals surface area contributed by atoms with E-state index in [1.54, 1.807) is 0 Å². The van der Waals surface area contributed by atoms with Gasteiger partial charge in [0.05, 0.1) is 6.61 Å². The lowest BCUT2D eigenvalue weighted by molar-refractivity contribution is -0.132. The van der Waals surface area contributed by atoms with Crippen molar-refractivity contribution in [2.75, 3.05) is 32.8 Å². The van der Waals surface area contributed by atoms with E-state index in [2.05, 4.69) is 5.32 Å². The third-order valence-electron chi connectivity index (χ3n) is 3.02. The number of nitrogens with one attached hydrogen (secondary N) is 1. The highest BCUT2D eigenvalue weighted by Crippen LogP contribution is 2.09. The number of carbonyl (C=O) groups excluding carboxylic acids is 1. The fourth-order valence-electron chi connectivity index (χ4n) is 2.00. The van der Waals surface area contributed by atoms with Gasteiger partial charge in [-0.05, 0) is 18.6 Å². The smallest absolute Gasteiger partial charge is 0.222 e. The molecule has 4 heteroatoms. The second-order valence-corrected chi connectivity index (χ2v) is 4.40. The van der Waals surface area contributed by atoms with E-state index in [0.29, 0.717) is 13.0 Å². The van der Waals surface area contributed by atoms with Gasteiger partial charge in [0.2, 0.25) is 5.91 Å². The van der Waals surface area contributed by atoms with Crippen LogP contribution in [-0.2, 0) is 4.79 Å². The molecule has 1 N–H and O–H groups in total. The summed E-state index contributed by atoms with van der Waals surface area (Å²) >= 11 is 0. The number of carbonyl (C=O) groups is 1.